The number of benzene rings is 3. The Morgan fingerprint density at radius 3 is 2.44 bits per heavy atom. The first-order chi connectivity index (χ1) is 17.2. The number of hydrogen-bond acceptors (Lipinski definition) is 6. The summed E-state index contributed by atoms with van der Waals surface area (Å²) in [5.74, 6) is 0.355. The minimum absolute atomic E-state index is 0.00235. The van der Waals surface area contributed by atoms with E-state index < -0.39 is 10.8 Å². The van der Waals surface area contributed by atoms with E-state index in [0.29, 0.717) is 33.8 Å². The van der Waals surface area contributed by atoms with Gasteiger partial charge in [-0.05, 0) is 79.4 Å². The molecule has 0 unspecified atom stereocenters. The number of ether oxygens (including phenoxy) is 2. The average molecular weight is 550 g/mol. The summed E-state index contributed by atoms with van der Waals surface area (Å²) in [6, 6.07) is 17.1. The fourth-order valence-corrected chi connectivity index (χ4v) is 3.72. The van der Waals surface area contributed by atoms with Crippen molar-refractivity contribution in [3.05, 3.63) is 97.0 Å². The molecule has 0 aliphatic heterocycles. The predicted octanol–water partition coefficient (Wildman–Crippen LogP) is 6.50. The molecule has 3 rings (SSSR count). The third kappa shape index (κ3) is 6.71. The van der Waals surface area contributed by atoms with E-state index >= 15 is 0 Å². The molecule has 1 amide bonds. The fourth-order valence-electron chi connectivity index (χ4n) is 3.28. The molecule has 0 aromatic heterocycles. The highest BCUT2D eigenvalue weighted by Gasteiger charge is 2.15. The van der Waals surface area contributed by atoms with Crippen LogP contribution in [0.1, 0.15) is 29.2 Å². The van der Waals surface area contributed by atoms with Gasteiger partial charge < -0.3 is 14.8 Å². The second-order valence-corrected chi connectivity index (χ2v) is 8.76. The molecule has 0 aliphatic rings. The molecule has 0 spiro atoms. The van der Waals surface area contributed by atoms with Gasteiger partial charge in [0.15, 0.2) is 11.5 Å². The van der Waals surface area contributed by atoms with E-state index in [0.717, 1.165) is 16.7 Å². The lowest BCUT2D eigenvalue weighted by molar-refractivity contribution is -0.384. The van der Waals surface area contributed by atoms with Crippen molar-refractivity contribution in [1.29, 1.82) is 5.26 Å². The number of nitro benzene ring substituents is 1. The molecule has 1 N–H and O–H groups in total. The van der Waals surface area contributed by atoms with Crippen molar-refractivity contribution in [3.63, 3.8) is 0 Å². The summed E-state index contributed by atoms with van der Waals surface area (Å²) in [4.78, 5) is 23.2. The van der Waals surface area contributed by atoms with Crippen LogP contribution in [0.2, 0.25) is 0 Å². The highest BCUT2D eigenvalue weighted by atomic mass is 79.9. The van der Waals surface area contributed by atoms with Gasteiger partial charge in [-0.1, -0.05) is 28.1 Å². The first-order valence-electron chi connectivity index (χ1n) is 11.0. The van der Waals surface area contributed by atoms with Crippen molar-refractivity contribution < 1.29 is 19.2 Å². The molecule has 0 radical (unpaired) electrons. The average Bonchev–Trinajstić information content (AvgIpc) is 2.85. The lowest BCUT2D eigenvalue weighted by Crippen LogP contribution is -2.14. The van der Waals surface area contributed by atoms with Gasteiger partial charge in [0, 0.05) is 22.3 Å². The Labute approximate surface area is 217 Å². The highest BCUT2D eigenvalue weighted by Crippen LogP contribution is 2.35. The van der Waals surface area contributed by atoms with E-state index in [4.69, 9.17) is 9.47 Å². The molecule has 0 bridgehead atoms. The third-order valence-electron chi connectivity index (χ3n) is 5.21. The molecular formula is C27H24BrN3O5. The van der Waals surface area contributed by atoms with Gasteiger partial charge in [0.05, 0.1) is 11.5 Å². The Kier molecular flexibility index (Phi) is 8.81. The minimum atomic E-state index is -0.519. The van der Waals surface area contributed by atoms with Gasteiger partial charge in [0.25, 0.3) is 11.6 Å². The van der Waals surface area contributed by atoms with Crippen LogP contribution in [0.3, 0.4) is 0 Å². The second-order valence-electron chi connectivity index (χ2n) is 7.91. The van der Waals surface area contributed by atoms with Crippen LogP contribution >= 0.6 is 15.9 Å². The largest absolute Gasteiger partial charge is 0.490 e. The summed E-state index contributed by atoms with van der Waals surface area (Å²) in [5, 5.41) is 23.3. The molecule has 0 aliphatic carbocycles. The smallest absolute Gasteiger partial charge is 0.269 e. The fraction of sp³-hybridized carbons (Fsp3) is 0.185. The summed E-state index contributed by atoms with van der Waals surface area (Å²) in [6.07, 6.45) is 1.48. The van der Waals surface area contributed by atoms with Gasteiger partial charge in [0.2, 0.25) is 0 Å². The Morgan fingerprint density at radius 2 is 1.81 bits per heavy atom. The molecule has 0 saturated carbocycles. The van der Waals surface area contributed by atoms with E-state index in [1.165, 1.54) is 18.2 Å². The summed E-state index contributed by atoms with van der Waals surface area (Å²) >= 11 is 3.48. The van der Waals surface area contributed by atoms with Crippen molar-refractivity contribution in [2.24, 2.45) is 0 Å². The van der Waals surface area contributed by atoms with E-state index in [-0.39, 0.29) is 17.9 Å². The van der Waals surface area contributed by atoms with Crippen LogP contribution in [0.15, 0.2) is 64.6 Å². The van der Waals surface area contributed by atoms with E-state index in [2.05, 4.69) is 21.2 Å². The number of nitro groups is 1. The van der Waals surface area contributed by atoms with Gasteiger partial charge in [-0.15, -0.1) is 0 Å². The monoisotopic (exact) mass is 549 g/mol. The van der Waals surface area contributed by atoms with Crippen molar-refractivity contribution >= 4 is 39.3 Å². The molecule has 3 aromatic carbocycles. The van der Waals surface area contributed by atoms with Crippen LogP contribution in [0.5, 0.6) is 11.5 Å². The molecule has 0 saturated heterocycles. The maximum atomic E-state index is 12.8. The van der Waals surface area contributed by atoms with E-state index in [1.807, 2.05) is 45.0 Å². The molecule has 9 heteroatoms. The Hall–Kier alpha value is -4.16. The van der Waals surface area contributed by atoms with Crippen LogP contribution in [0.4, 0.5) is 11.4 Å². The normalized spacial score (nSPS) is 10.9. The SMILES string of the molecule is CCOc1cc(/C=C(\C#N)C(=O)Nc2cc(C)ccc2C)c(Br)cc1OCc1ccc([N+](=O)[O-])cc1. The number of aryl methyl sites for hydroxylation is 2. The lowest BCUT2D eigenvalue weighted by atomic mass is 10.1. The zero-order chi connectivity index (χ0) is 26.2. The molecule has 36 heavy (non-hydrogen) atoms. The number of non-ortho nitro benzene ring substituents is 1. The van der Waals surface area contributed by atoms with Crippen LogP contribution < -0.4 is 14.8 Å². The summed E-state index contributed by atoms with van der Waals surface area (Å²) in [7, 11) is 0. The number of hydrogen-bond donors (Lipinski definition) is 1. The topological polar surface area (TPSA) is 114 Å². The number of rotatable bonds is 9. The van der Waals surface area contributed by atoms with Crippen molar-refractivity contribution in [1.82, 2.24) is 0 Å². The van der Waals surface area contributed by atoms with Crippen molar-refractivity contribution in [2.45, 2.75) is 27.4 Å². The maximum Gasteiger partial charge on any atom is 0.269 e. The number of carbonyl (C=O) groups is 1. The zero-order valence-electron chi connectivity index (χ0n) is 20.0. The zero-order valence-corrected chi connectivity index (χ0v) is 21.6. The summed E-state index contributed by atoms with van der Waals surface area (Å²) in [6.45, 7) is 6.17. The Morgan fingerprint density at radius 1 is 1.11 bits per heavy atom. The van der Waals surface area contributed by atoms with E-state index in [9.17, 15) is 20.2 Å². The second kappa shape index (κ2) is 12.0. The summed E-state index contributed by atoms with van der Waals surface area (Å²) in [5.41, 5.74) is 3.77. The lowest BCUT2D eigenvalue weighted by Gasteiger charge is -2.14. The molecule has 184 valence electrons. The Balaban J connectivity index is 1.84. The number of carbonyl (C=O) groups excluding carboxylic acids is 1. The van der Waals surface area contributed by atoms with Crippen LogP contribution in [0.25, 0.3) is 6.08 Å². The molecule has 8 nitrogen and oxygen atoms in total. The molecule has 0 heterocycles. The Bertz CT molecular complexity index is 1360. The molecular weight excluding hydrogens is 526 g/mol. The van der Waals surface area contributed by atoms with Crippen LogP contribution in [-0.4, -0.2) is 17.4 Å². The van der Waals surface area contributed by atoms with Gasteiger partial charge in [-0.2, -0.15) is 5.26 Å². The number of amides is 1. The number of nitrogens with one attached hydrogen (secondary N) is 1. The van der Waals surface area contributed by atoms with Crippen LogP contribution in [-0.2, 0) is 11.4 Å². The number of nitrogens with zero attached hydrogens (tertiary/aromatic N) is 2. The van der Waals surface area contributed by atoms with E-state index in [1.54, 1.807) is 24.3 Å². The first-order valence-corrected chi connectivity index (χ1v) is 11.8. The minimum Gasteiger partial charge on any atom is -0.490 e. The summed E-state index contributed by atoms with van der Waals surface area (Å²) < 4.78 is 12.2. The van der Waals surface area contributed by atoms with Crippen LogP contribution in [0, 0.1) is 35.3 Å². The molecule has 3 aromatic rings. The standard InChI is InChI=1S/C27H24BrN3O5/c1-4-35-25-13-20(12-21(15-29)27(32)30-24-11-17(2)5-6-18(24)3)23(28)14-26(25)36-16-19-7-9-22(10-8-19)31(33)34/h5-14H,4,16H2,1-3H3,(H,30,32)/b21-12+. The van der Waals surface area contributed by atoms with Crippen molar-refractivity contribution in [2.75, 3.05) is 11.9 Å². The quantitative estimate of drug-likeness (QED) is 0.141. The van der Waals surface area contributed by atoms with Crippen molar-refractivity contribution in [3.8, 4) is 17.6 Å². The number of anilines is 1. The van der Waals surface area contributed by atoms with Gasteiger partial charge in [-0.25, -0.2) is 0 Å². The molecule has 0 fully saturated rings. The molecule has 0 atom stereocenters. The number of nitriles is 1. The number of halogens is 1. The third-order valence-corrected chi connectivity index (χ3v) is 5.90. The highest BCUT2D eigenvalue weighted by molar-refractivity contribution is 9.10. The predicted molar refractivity (Wildman–Crippen MR) is 141 cm³/mol. The van der Waals surface area contributed by atoms with Gasteiger partial charge in [0.1, 0.15) is 18.2 Å². The maximum absolute atomic E-state index is 12.8. The first kappa shape index (κ1) is 26.4. The van der Waals surface area contributed by atoms with Gasteiger partial charge >= 0.3 is 0 Å². The van der Waals surface area contributed by atoms with Gasteiger partial charge in [-0.3, -0.25) is 14.9 Å².